The molecule has 132 valence electrons. The van der Waals surface area contributed by atoms with E-state index in [-0.39, 0.29) is 23.6 Å². The number of anilines is 1. The normalized spacial score (nSPS) is 10.3. The number of Topliss-reactive ketones (excluding diaryl/α,β-unsaturated/α-hetero) is 1. The van der Waals surface area contributed by atoms with Crippen LogP contribution in [0.2, 0.25) is 0 Å². The zero-order chi connectivity index (χ0) is 18.2. The number of halogens is 1. The second-order valence-electron chi connectivity index (χ2n) is 5.39. The standard InChI is InChI=1S/C18H18FNO4S/c1-12(21)20-13-7-8-15(16(19)10-13)17(22)11-24-18(23)6-2-4-14-5-3-9-25-14/h3,5,7-10H,2,4,6,11H2,1H3,(H,20,21). The number of ketones is 1. The molecule has 0 aliphatic rings. The van der Waals surface area contributed by atoms with Crippen molar-refractivity contribution >= 4 is 34.7 Å². The van der Waals surface area contributed by atoms with Gasteiger partial charge in [-0.3, -0.25) is 14.4 Å². The Morgan fingerprint density at radius 3 is 2.68 bits per heavy atom. The zero-order valence-electron chi connectivity index (χ0n) is 13.7. The molecule has 0 unspecified atom stereocenters. The summed E-state index contributed by atoms with van der Waals surface area (Å²) in [5.41, 5.74) is 0.0765. The number of nitrogens with one attached hydrogen (secondary N) is 1. The average Bonchev–Trinajstić information content (AvgIpc) is 3.05. The molecular weight excluding hydrogens is 345 g/mol. The van der Waals surface area contributed by atoms with Gasteiger partial charge in [0.2, 0.25) is 11.7 Å². The number of esters is 1. The number of hydrogen-bond acceptors (Lipinski definition) is 5. The summed E-state index contributed by atoms with van der Waals surface area (Å²) in [6.07, 6.45) is 1.61. The molecule has 0 radical (unpaired) electrons. The van der Waals surface area contributed by atoms with Gasteiger partial charge in [-0.25, -0.2) is 4.39 Å². The van der Waals surface area contributed by atoms with Gasteiger partial charge < -0.3 is 10.1 Å². The third-order valence-electron chi connectivity index (χ3n) is 3.34. The Labute approximate surface area is 148 Å². The van der Waals surface area contributed by atoms with Crippen molar-refractivity contribution in [3.8, 4) is 0 Å². The summed E-state index contributed by atoms with van der Waals surface area (Å²) in [6.45, 7) is 0.795. The number of amides is 1. The molecule has 0 spiro atoms. The number of carbonyl (C=O) groups excluding carboxylic acids is 3. The van der Waals surface area contributed by atoms with Crippen LogP contribution in [0.15, 0.2) is 35.7 Å². The molecule has 0 atom stereocenters. The second kappa shape index (κ2) is 9.08. The molecule has 0 saturated carbocycles. The molecule has 1 N–H and O–H groups in total. The van der Waals surface area contributed by atoms with E-state index in [0.29, 0.717) is 6.42 Å². The monoisotopic (exact) mass is 363 g/mol. The molecule has 7 heteroatoms. The number of rotatable bonds is 8. The molecule has 1 aromatic carbocycles. The van der Waals surface area contributed by atoms with Crippen molar-refractivity contribution in [3.05, 3.63) is 52.0 Å². The molecule has 0 fully saturated rings. The van der Waals surface area contributed by atoms with Crippen LogP contribution in [-0.4, -0.2) is 24.3 Å². The highest BCUT2D eigenvalue weighted by Gasteiger charge is 2.15. The van der Waals surface area contributed by atoms with E-state index in [2.05, 4.69) is 5.32 Å². The topological polar surface area (TPSA) is 72.5 Å². The van der Waals surface area contributed by atoms with Crippen molar-refractivity contribution in [2.75, 3.05) is 11.9 Å². The Kier molecular flexibility index (Phi) is 6.82. The van der Waals surface area contributed by atoms with Gasteiger partial charge in [-0.15, -0.1) is 11.3 Å². The SMILES string of the molecule is CC(=O)Nc1ccc(C(=O)COC(=O)CCCc2cccs2)c(F)c1. The van der Waals surface area contributed by atoms with Crippen LogP contribution >= 0.6 is 11.3 Å². The van der Waals surface area contributed by atoms with Crippen LogP contribution in [0.1, 0.15) is 35.0 Å². The summed E-state index contributed by atoms with van der Waals surface area (Å²) >= 11 is 1.62. The largest absolute Gasteiger partial charge is 0.457 e. The average molecular weight is 363 g/mol. The Hall–Kier alpha value is -2.54. The van der Waals surface area contributed by atoms with E-state index < -0.39 is 24.2 Å². The second-order valence-corrected chi connectivity index (χ2v) is 6.42. The van der Waals surface area contributed by atoms with Crippen LogP contribution in [0.4, 0.5) is 10.1 Å². The highest BCUT2D eigenvalue weighted by atomic mass is 32.1. The first-order valence-corrected chi connectivity index (χ1v) is 8.62. The van der Waals surface area contributed by atoms with Gasteiger partial charge in [0.05, 0.1) is 5.56 Å². The van der Waals surface area contributed by atoms with Gasteiger partial charge in [-0.05, 0) is 42.5 Å². The number of hydrogen-bond donors (Lipinski definition) is 1. The minimum atomic E-state index is -0.773. The minimum absolute atomic E-state index is 0.180. The number of thiophene rings is 1. The molecule has 0 saturated heterocycles. The fraction of sp³-hybridized carbons (Fsp3) is 0.278. The summed E-state index contributed by atoms with van der Waals surface area (Å²) in [5, 5.41) is 4.39. The van der Waals surface area contributed by atoms with E-state index in [4.69, 9.17) is 4.74 Å². The zero-order valence-corrected chi connectivity index (χ0v) is 14.5. The Morgan fingerprint density at radius 1 is 1.24 bits per heavy atom. The van der Waals surface area contributed by atoms with Crippen molar-refractivity contribution < 1.29 is 23.5 Å². The molecule has 0 bridgehead atoms. The maximum atomic E-state index is 13.9. The lowest BCUT2D eigenvalue weighted by Gasteiger charge is -2.07. The highest BCUT2D eigenvalue weighted by molar-refractivity contribution is 7.09. The van der Waals surface area contributed by atoms with Crippen molar-refractivity contribution in [1.29, 1.82) is 0 Å². The quantitative estimate of drug-likeness (QED) is 0.575. The van der Waals surface area contributed by atoms with Crippen LogP contribution in [0.25, 0.3) is 0 Å². The summed E-state index contributed by atoms with van der Waals surface area (Å²) < 4.78 is 18.8. The lowest BCUT2D eigenvalue weighted by molar-refractivity contribution is -0.142. The van der Waals surface area contributed by atoms with Crippen LogP contribution in [0.5, 0.6) is 0 Å². The van der Waals surface area contributed by atoms with E-state index in [1.165, 1.54) is 23.9 Å². The molecule has 1 heterocycles. The van der Waals surface area contributed by atoms with Gasteiger partial charge in [0.1, 0.15) is 5.82 Å². The van der Waals surface area contributed by atoms with E-state index in [0.717, 1.165) is 12.5 Å². The molecule has 1 aromatic heterocycles. The summed E-state index contributed by atoms with van der Waals surface area (Å²) in [7, 11) is 0. The van der Waals surface area contributed by atoms with Gasteiger partial charge in [0.15, 0.2) is 6.61 Å². The number of carbonyl (C=O) groups is 3. The van der Waals surface area contributed by atoms with Crippen molar-refractivity contribution in [2.24, 2.45) is 0 Å². The predicted octanol–water partition coefficient (Wildman–Crippen LogP) is 3.59. The van der Waals surface area contributed by atoms with Gasteiger partial charge in [-0.2, -0.15) is 0 Å². The highest BCUT2D eigenvalue weighted by Crippen LogP contribution is 2.16. The molecule has 1 amide bonds. The Morgan fingerprint density at radius 2 is 2.04 bits per heavy atom. The fourth-order valence-electron chi connectivity index (χ4n) is 2.18. The maximum Gasteiger partial charge on any atom is 0.306 e. The van der Waals surface area contributed by atoms with Crippen LogP contribution in [0, 0.1) is 5.82 Å². The molecule has 25 heavy (non-hydrogen) atoms. The predicted molar refractivity (Wildman–Crippen MR) is 93.3 cm³/mol. The molecule has 2 rings (SSSR count). The van der Waals surface area contributed by atoms with E-state index in [1.54, 1.807) is 11.3 Å². The first kappa shape index (κ1) is 18.8. The van der Waals surface area contributed by atoms with E-state index >= 15 is 0 Å². The molecule has 5 nitrogen and oxygen atoms in total. The van der Waals surface area contributed by atoms with Crippen molar-refractivity contribution in [3.63, 3.8) is 0 Å². The van der Waals surface area contributed by atoms with E-state index in [1.807, 2.05) is 17.5 Å². The molecule has 0 aliphatic carbocycles. The lowest BCUT2D eigenvalue weighted by Crippen LogP contribution is -2.15. The first-order valence-electron chi connectivity index (χ1n) is 7.74. The first-order chi connectivity index (χ1) is 12.0. The smallest absolute Gasteiger partial charge is 0.306 e. The van der Waals surface area contributed by atoms with E-state index in [9.17, 15) is 18.8 Å². The summed E-state index contributed by atoms with van der Waals surface area (Å²) in [6, 6.07) is 7.67. The number of aryl methyl sites for hydroxylation is 1. The maximum absolute atomic E-state index is 13.9. The van der Waals surface area contributed by atoms with Crippen LogP contribution in [0.3, 0.4) is 0 Å². The number of ether oxygens (including phenoxy) is 1. The van der Waals surface area contributed by atoms with Crippen molar-refractivity contribution in [1.82, 2.24) is 0 Å². The third kappa shape index (κ3) is 6.11. The van der Waals surface area contributed by atoms with Crippen LogP contribution in [-0.2, 0) is 20.7 Å². The van der Waals surface area contributed by atoms with Gasteiger partial charge in [-0.1, -0.05) is 6.07 Å². The molecule has 2 aromatic rings. The molecular formula is C18H18FNO4S. The fourth-order valence-corrected chi connectivity index (χ4v) is 2.93. The van der Waals surface area contributed by atoms with Gasteiger partial charge in [0.25, 0.3) is 0 Å². The van der Waals surface area contributed by atoms with Gasteiger partial charge >= 0.3 is 5.97 Å². The van der Waals surface area contributed by atoms with Crippen molar-refractivity contribution in [2.45, 2.75) is 26.2 Å². The third-order valence-corrected chi connectivity index (χ3v) is 4.27. The summed E-state index contributed by atoms with van der Waals surface area (Å²) in [5.74, 6) is -2.22. The minimum Gasteiger partial charge on any atom is -0.457 e. The lowest BCUT2D eigenvalue weighted by atomic mass is 10.1. The Bertz CT molecular complexity index is 758. The molecule has 0 aliphatic heterocycles. The van der Waals surface area contributed by atoms with Gasteiger partial charge in [0, 0.05) is 23.9 Å². The summed E-state index contributed by atoms with van der Waals surface area (Å²) in [4.78, 5) is 35.7. The Balaban J connectivity index is 1.79. The van der Waals surface area contributed by atoms with Crippen LogP contribution < -0.4 is 5.32 Å². The number of benzene rings is 1.